The molecule has 1 N–H and O–H groups in total. The van der Waals surface area contributed by atoms with Gasteiger partial charge in [0.1, 0.15) is 5.75 Å². The molecule has 0 saturated heterocycles. The molecule has 0 unspecified atom stereocenters. The highest BCUT2D eigenvalue weighted by atomic mass is 32.1. The van der Waals surface area contributed by atoms with Crippen molar-refractivity contribution in [1.82, 2.24) is 4.98 Å². The van der Waals surface area contributed by atoms with Crippen molar-refractivity contribution in [3.63, 3.8) is 0 Å². The number of benzene rings is 2. The highest BCUT2D eigenvalue weighted by Gasteiger charge is 2.02. The van der Waals surface area contributed by atoms with E-state index in [4.69, 9.17) is 4.74 Å². The summed E-state index contributed by atoms with van der Waals surface area (Å²) in [5.41, 5.74) is 4.89. The summed E-state index contributed by atoms with van der Waals surface area (Å²) in [7, 11) is 0. The molecule has 3 rings (SSSR count). The van der Waals surface area contributed by atoms with Crippen LogP contribution in [-0.4, -0.2) is 17.8 Å². The van der Waals surface area contributed by atoms with Gasteiger partial charge in [0.2, 0.25) is 5.13 Å². The maximum Gasteiger partial charge on any atom is 0.204 e. The minimum absolute atomic E-state index is 0.635. The van der Waals surface area contributed by atoms with Crippen LogP contribution in [0.5, 0.6) is 5.75 Å². The van der Waals surface area contributed by atoms with Gasteiger partial charge in [-0.25, -0.2) is 4.98 Å². The lowest BCUT2D eigenvalue weighted by atomic mass is 10.2. The van der Waals surface area contributed by atoms with E-state index in [9.17, 15) is 0 Å². The number of fused-ring (bicyclic) bond motifs is 1. The van der Waals surface area contributed by atoms with E-state index >= 15 is 0 Å². The van der Waals surface area contributed by atoms with Crippen LogP contribution in [-0.2, 0) is 0 Å². The minimum atomic E-state index is 0.635. The minimum Gasteiger partial charge on any atom is -0.493 e. The van der Waals surface area contributed by atoms with E-state index in [1.54, 1.807) is 17.6 Å². The van der Waals surface area contributed by atoms with Crippen molar-refractivity contribution in [3.05, 3.63) is 54.1 Å². The largest absolute Gasteiger partial charge is 0.493 e. The van der Waals surface area contributed by atoms with Crippen LogP contribution < -0.4 is 10.2 Å². The average Bonchev–Trinajstić information content (AvgIpc) is 2.92. The number of aromatic nitrogens is 1. The zero-order chi connectivity index (χ0) is 14.5. The van der Waals surface area contributed by atoms with Gasteiger partial charge in [-0.1, -0.05) is 35.6 Å². The van der Waals surface area contributed by atoms with Crippen LogP contribution in [0.15, 0.2) is 53.6 Å². The van der Waals surface area contributed by atoms with E-state index in [1.165, 1.54) is 0 Å². The van der Waals surface area contributed by atoms with Crippen LogP contribution >= 0.6 is 11.3 Å². The third kappa shape index (κ3) is 3.20. The first kappa shape index (κ1) is 13.6. The van der Waals surface area contributed by atoms with Gasteiger partial charge in [0, 0.05) is 5.56 Å². The van der Waals surface area contributed by atoms with Gasteiger partial charge in [0.25, 0.3) is 0 Å². The number of ether oxygens (including phenoxy) is 1. The molecular formula is C16H15N3OS. The molecule has 2 aromatic carbocycles. The van der Waals surface area contributed by atoms with Crippen molar-refractivity contribution in [2.45, 2.75) is 6.92 Å². The second-order valence-corrected chi connectivity index (χ2v) is 5.36. The first-order valence-corrected chi connectivity index (χ1v) is 7.55. The first-order valence-electron chi connectivity index (χ1n) is 6.73. The molecule has 0 aliphatic carbocycles. The van der Waals surface area contributed by atoms with E-state index in [0.29, 0.717) is 6.61 Å². The normalized spacial score (nSPS) is 11.1. The van der Waals surface area contributed by atoms with Crippen LogP contribution in [0.3, 0.4) is 0 Å². The Labute approximate surface area is 127 Å². The summed E-state index contributed by atoms with van der Waals surface area (Å²) in [5.74, 6) is 0.829. The molecule has 3 aromatic rings. The Morgan fingerprint density at radius 3 is 2.86 bits per heavy atom. The molecule has 21 heavy (non-hydrogen) atoms. The molecule has 106 valence electrons. The zero-order valence-electron chi connectivity index (χ0n) is 11.6. The van der Waals surface area contributed by atoms with Gasteiger partial charge in [0.15, 0.2) is 0 Å². The van der Waals surface area contributed by atoms with Crippen LogP contribution in [0.25, 0.3) is 10.2 Å². The number of hydrogen-bond acceptors (Lipinski definition) is 5. The van der Waals surface area contributed by atoms with Crippen LogP contribution in [0.4, 0.5) is 5.13 Å². The fourth-order valence-electron chi connectivity index (χ4n) is 1.95. The summed E-state index contributed by atoms with van der Waals surface area (Å²) >= 11 is 1.58. The smallest absolute Gasteiger partial charge is 0.204 e. The number of para-hydroxylation sites is 2. The second kappa shape index (κ2) is 6.37. The van der Waals surface area contributed by atoms with E-state index in [2.05, 4.69) is 15.5 Å². The predicted octanol–water partition coefficient (Wildman–Crippen LogP) is 4.14. The fourth-order valence-corrected chi connectivity index (χ4v) is 2.77. The summed E-state index contributed by atoms with van der Waals surface area (Å²) < 4.78 is 6.70. The fraction of sp³-hybridized carbons (Fsp3) is 0.125. The molecule has 0 amide bonds. The molecule has 5 heteroatoms. The van der Waals surface area contributed by atoms with E-state index in [1.807, 2.05) is 55.5 Å². The Morgan fingerprint density at radius 1 is 1.19 bits per heavy atom. The molecule has 0 spiro atoms. The average molecular weight is 297 g/mol. The number of nitrogens with zero attached hydrogens (tertiary/aromatic N) is 2. The van der Waals surface area contributed by atoms with E-state index < -0.39 is 0 Å². The number of anilines is 1. The quantitative estimate of drug-likeness (QED) is 0.568. The number of nitrogens with one attached hydrogen (secondary N) is 1. The van der Waals surface area contributed by atoms with Gasteiger partial charge in [-0.3, -0.25) is 5.43 Å². The maximum absolute atomic E-state index is 5.56. The standard InChI is InChI=1S/C16H15N3OS/c1-2-20-14-9-5-3-7-12(14)11-17-19-16-18-13-8-4-6-10-15(13)21-16/h3-11H,2H2,1H3,(H,18,19)/b17-11-. The maximum atomic E-state index is 5.56. The monoisotopic (exact) mass is 297 g/mol. The highest BCUT2D eigenvalue weighted by molar-refractivity contribution is 7.22. The molecule has 0 saturated carbocycles. The van der Waals surface area contributed by atoms with Gasteiger partial charge >= 0.3 is 0 Å². The Hall–Kier alpha value is -2.40. The molecule has 0 atom stereocenters. The first-order chi connectivity index (χ1) is 10.4. The van der Waals surface area contributed by atoms with Gasteiger partial charge in [-0.05, 0) is 31.2 Å². The van der Waals surface area contributed by atoms with Crippen LogP contribution in [0.2, 0.25) is 0 Å². The lowest BCUT2D eigenvalue weighted by molar-refractivity contribution is 0.340. The SMILES string of the molecule is CCOc1ccccc1/C=N\Nc1nc2ccccc2s1. The number of thiazole rings is 1. The summed E-state index contributed by atoms with van der Waals surface area (Å²) in [6, 6.07) is 15.8. The summed E-state index contributed by atoms with van der Waals surface area (Å²) in [5, 5.41) is 5.02. The van der Waals surface area contributed by atoms with Crippen molar-refractivity contribution in [2.75, 3.05) is 12.0 Å². The van der Waals surface area contributed by atoms with E-state index in [-0.39, 0.29) is 0 Å². The number of hydrogen-bond donors (Lipinski definition) is 1. The number of hydrazone groups is 1. The predicted molar refractivity (Wildman–Crippen MR) is 88.4 cm³/mol. The molecule has 0 bridgehead atoms. The molecule has 0 aliphatic heterocycles. The van der Waals surface area contributed by atoms with Gasteiger partial charge in [-0.2, -0.15) is 5.10 Å². The third-order valence-corrected chi connectivity index (χ3v) is 3.82. The molecular weight excluding hydrogens is 282 g/mol. The van der Waals surface area contributed by atoms with Gasteiger partial charge in [-0.15, -0.1) is 0 Å². The third-order valence-electron chi connectivity index (χ3n) is 2.88. The lowest BCUT2D eigenvalue weighted by Crippen LogP contribution is -1.97. The summed E-state index contributed by atoms with van der Waals surface area (Å²) in [4.78, 5) is 4.47. The summed E-state index contributed by atoms with van der Waals surface area (Å²) in [6.45, 7) is 2.60. The Kier molecular flexibility index (Phi) is 4.12. The van der Waals surface area contributed by atoms with Crippen molar-refractivity contribution in [2.24, 2.45) is 5.10 Å². The zero-order valence-corrected chi connectivity index (χ0v) is 12.4. The summed E-state index contributed by atoms with van der Waals surface area (Å²) in [6.07, 6.45) is 1.75. The van der Waals surface area contributed by atoms with Crippen LogP contribution in [0.1, 0.15) is 12.5 Å². The van der Waals surface area contributed by atoms with Gasteiger partial charge in [0.05, 0.1) is 23.0 Å². The Balaban J connectivity index is 1.74. The van der Waals surface area contributed by atoms with Crippen molar-refractivity contribution in [3.8, 4) is 5.75 Å². The molecule has 0 radical (unpaired) electrons. The molecule has 0 aliphatic rings. The van der Waals surface area contributed by atoms with E-state index in [0.717, 1.165) is 26.7 Å². The Morgan fingerprint density at radius 2 is 2.00 bits per heavy atom. The molecule has 0 fully saturated rings. The van der Waals surface area contributed by atoms with Crippen LogP contribution in [0, 0.1) is 0 Å². The van der Waals surface area contributed by atoms with Crippen molar-refractivity contribution < 1.29 is 4.74 Å². The van der Waals surface area contributed by atoms with Crippen molar-refractivity contribution in [1.29, 1.82) is 0 Å². The van der Waals surface area contributed by atoms with Crippen molar-refractivity contribution >= 4 is 32.9 Å². The molecule has 1 aromatic heterocycles. The molecule has 1 heterocycles. The lowest BCUT2D eigenvalue weighted by Gasteiger charge is -2.05. The second-order valence-electron chi connectivity index (χ2n) is 4.33. The molecule has 4 nitrogen and oxygen atoms in total. The Bertz CT molecular complexity index is 734. The highest BCUT2D eigenvalue weighted by Crippen LogP contribution is 2.25. The topological polar surface area (TPSA) is 46.5 Å². The van der Waals surface area contributed by atoms with Gasteiger partial charge < -0.3 is 4.74 Å². The number of rotatable bonds is 5.